The first-order valence-electron chi connectivity index (χ1n) is 13.2. The van der Waals surface area contributed by atoms with E-state index in [0.29, 0.717) is 80.6 Å². The number of carbonyl (C=O) groups excluding carboxylic acids is 2. The van der Waals surface area contributed by atoms with Crippen LogP contribution in [0.25, 0.3) is 11.1 Å². The Balaban J connectivity index is 1.12. The van der Waals surface area contributed by atoms with Crippen molar-refractivity contribution in [2.45, 2.75) is 18.9 Å². The molecule has 1 N–H and O–H groups in total. The molecule has 0 bridgehead atoms. The Labute approximate surface area is 225 Å². The van der Waals surface area contributed by atoms with Crippen molar-refractivity contribution in [3.8, 4) is 11.1 Å². The van der Waals surface area contributed by atoms with Gasteiger partial charge in [-0.05, 0) is 43.2 Å². The fourth-order valence-corrected chi connectivity index (χ4v) is 5.34. The summed E-state index contributed by atoms with van der Waals surface area (Å²) in [6.45, 7) is 3.42. The van der Waals surface area contributed by atoms with Crippen molar-refractivity contribution in [3.05, 3.63) is 60.7 Å². The quantitative estimate of drug-likeness (QED) is 0.541. The number of para-hydroxylation sites is 2. The van der Waals surface area contributed by atoms with Gasteiger partial charge in [0, 0.05) is 68.5 Å². The lowest BCUT2D eigenvalue weighted by Gasteiger charge is -2.37. The molecule has 6 rings (SSSR count). The number of amides is 3. The molecule has 3 aliphatic heterocycles. The highest BCUT2D eigenvalue weighted by Gasteiger charge is 2.32. The first-order chi connectivity index (χ1) is 19.0. The second-order valence-corrected chi connectivity index (χ2v) is 9.99. The molecule has 2 fully saturated rings. The molecule has 3 aliphatic rings. The summed E-state index contributed by atoms with van der Waals surface area (Å²) in [5.74, 6) is 0.115. The van der Waals surface area contributed by atoms with Gasteiger partial charge in [0.25, 0.3) is 0 Å². The molecule has 39 heavy (non-hydrogen) atoms. The molecule has 4 heterocycles. The molecule has 1 aromatic heterocycles. The van der Waals surface area contributed by atoms with Gasteiger partial charge in [-0.3, -0.25) is 9.69 Å². The normalized spacial score (nSPS) is 17.8. The molecule has 0 aliphatic carbocycles. The van der Waals surface area contributed by atoms with E-state index in [1.807, 2.05) is 17.0 Å². The number of anilines is 3. The molecule has 0 unspecified atom stereocenters. The largest absolute Gasteiger partial charge is 0.393 e. The monoisotopic (exact) mass is 530 g/mol. The Hall–Kier alpha value is -4.25. The number of urea groups is 1. The van der Waals surface area contributed by atoms with Crippen LogP contribution in [0.15, 0.2) is 54.9 Å². The number of piperidine rings is 1. The van der Waals surface area contributed by atoms with Crippen LogP contribution in [0.2, 0.25) is 0 Å². The van der Waals surface area contributed by atoms with Crippen LogP contribution in [0.3, 0.4) is 0 Å². The maximum absolute atomic E-state index is 14.3. The molecular formula is C28H29FN7O3. The van der Waals surface area contributed by atoms with Crippen LogP contribution in [0.5, 0.6) is 0 Å². The zero-order chi connectivity index (χ0) is 26.9. The van der Waals surface area contributed by atoms with Crippen molar-refractivity contribution < 1.29 is 19.1 Å². The minimum Gasteiger partial charge on any atom is -0.393 e. The Morgan fingerprint density at radius 1 is 0.923 bits per heavy atom. The van der Waals surface area contributed by atoms with Gasteiger partial charge >= 0.3 is 6.03 Å². The van der Waals surface area contributed by atoms with Crippen molar-refractivity contribution in [1.29, 1.82) is 0 Å². The number of rotatable bonds is 5. The number of carbonyl (C=O) groups is 2. The molecule has 1 radical (unpaired) electrons. The summed E-state index contributed by atoms with van der Waals surface area (Å²) in [5, 5.41) is 13.8. The number of hydrogen-bond acceptors (Lipinski definition) is 7. The van der Waals surface area contributed by atoms with Crippen molar-refractivity contribution in [3.63, 3.8) is 0 Å². The molecule has 11 heteroatoms. The number of hydrogen-bond donors (Lipinski definition) is 1. The van der Waals surface area contributed by atoms with E-state index in [1.165, 1.54) is 17.0 Å². The van der Waals surface area contributed by atoms with Crippen LogP contribution in [0.4, 0.5) is 32.2 Å². The smallest absolute Gasteiger partial charge is 0.349 e. The first kappa shape index (κ1) is 25.1. The third-order valence-electron chi connectivity index (χ3n) is 7.54. The summed E-state index contributed by atoms with van der Waals surface area (Å²) < 4.78 is 14.3. The lowest BCUT2D eigenvalue weighted by Crippen LogP contribution is -2.51. The second-order valence-electron chi connectivity index (χ2n) is 9.99. The van der Waals surface area contributed by atoms with Gasteiger partial charge in [-0.15, -0.1) is 0 Å². The van der Waals surface area contributed by atoms with Gasteiger partial charge in [0.15, 0.2) is 0 Å². The standard InChI is InChI=1S/C28H29FN7O3/c29-20-5-6-24(22(15-20)19-16-30-27(31-17-19)35-9-7-21(37)8-10-35)33-11-13-34(14-12-33)26(38)18-36-25-4-2-1-3-23(25)32-28(36)39/h1-6,15-17,21,37H,7-14,18H2. The Morgan fingerprint density at radius 3 is 2.38 bits per heavy atom. The maximum Gasteiger partial charge on any atom is 0.349 e. The number of fused-ring (bicyclic) bond motifs is 1. The van der Waals surface area contributed by atoms with Crippen LogP contribution in [-0.2, 0) is 4.79 Å². The summed E-state index contributed by atoms with van der Waals surface area (Å²) in [7, 11) is 0. The molecule has 201 valence electrons. The van der Waals surface area contributed by atoms with Crippen LogP contribution >= 0.6 is 0 Å². The molecule has 0 atom stereocenters. The lowest BCUT2D eigenvalue weighted by molar-refractivity contribution is -0.129. The number of halogens is 1. The number of benzene rings is 2. The highest BCUT2D eigenvalue weighted by molar-refractivity contribution is 6.07. The van der Waals surface area contributed by atoms with Crippen molar-refractivity contribution >= 4 is 34.9 Å². The number of aliphatic hydroxyl groups is 1. The Bertz CT molecular complexity index is 1370. The van der Waals surface area contributed by atoms with E-state index in [2.05, 4.69) is 20.2 Å². The topological polar surface area (TPSA) is 107 Å². The van der Waals surface area contributed by atoms with Crippen LogP contribution < -0.4 is 20.0 Å². The SMILES string of the molecule is O=C(CN1C(=O)[N]c2ccccc21)N1CCN(c2ccc(F)cc2-c2cnc(N3CCC(O)CC3)nc2)CC1. The van der Waals surface area contributed by atoms with Crippen molar-refractivity contribution in [2.24, 2.45) is 0 Å². The molecule has 3 aromatic rings. The van der Waals surface area contributed by atoms with Gasteiger partial charge in [0.1, 0.15) is 12.4 Å². The van der Waals surface area contributed by atoms with Crippen molar-refractivity contribution in [1.82, 2.24) is 20.2 Å². The van der Waals surface area contributed by atoms with Gasteiger partial charge < -0.3 is 19.8 Å². The first-order valence-corrected chi connectivity index (χ1v) is 13.2. The zero-order valence-electron chi connectivity index (χ0n) is 21.4. The third-order valence-corrected chi connectivity index (χ3v) is 7.54. The summed E-state index contributed by atoms with van der Waals surface area (Å²) in [4.78, 5) is 41.8. The third kappa shape index (κ3) is 5.09. The van der Waals surface area contributed by atoms with Crippen LogP contribution in [0.1, 0.15) is 12.8 Å². The predicted octanol–water partition coefficient (Wildman–Crippen LogP) is 2.77. The molecule has 10 nitrogen and oxygen atoms in total. The number of nitrogens with zero attached hydrogens (tertiary/aromatic N) is 7. The number of aromatic nitrogens is 2. The molecule has 2 aromatic carbocycles. The van der Waals surface area contributed by atoms with Gasteiger partial charge in [0.05, 0.1) is 17.5 Å². The molecule has 0 saturated carbocycles. The maximum atomic E-state index is 14.3. The highest BCUT2D eigenvalue weighted by Crippen LogP contribution is 2.34. The van der Waals surface area contributed by atoms with E-state index in [9.17, 15) is 19.1 Å². The summed E-state index contributed by atoms with van der Waals surface area (Å²) in [6.07, 6.45) is 4.51. The molecular weight excluding hydrogens is 501 g/mol. The van der Waals surface area contributed by atoms with Gasteiger partial charge in [0.2, 0.25) is 11.9 Å². The van der Waals surface area contributed by atoms with Gasteiger partial charge in [-0.1, -0.05) is 12.1 Å². The Morgan fingerprint density at radius 2 is 1.64 bits per heavy atom. The lowest BCUT2D eigenvalue weighted by atomic mass is 10.0. The predicted molar refractivity (Wildman–Crippen MR) is 145 cm³/mol. The van der Waals surface area contributed by atoms with E-state index in [4.69, 9.17) is 0 Å². The average molecular weight is 531 g/mol. The van der Waals surface area contributed by atoms with E-state index < -0.39 is 6.03 Å². The van der Waals surface area contributed by atoms with Crippen LogP contribution in [-0.4, -0.2) is 83.8 Å². The van der Waals surface area contributed by atoms with E-state index >= 15 is 0 Å². The highest BCUT2D eigenvalue weighted by atomic mass is 19.1. The second kappa shape index (κ2) is 10.5. The van der Waals surface area contributed by atoms with Crippen LogP contribution in [0, 0.1) is 5.82 Å². The van der Waals surface area contributed by atoms with Crippen molar-refractivity contribution in [2.75, 3.05) is 60.5 Å². The fourth-order valence-electron chi connectivity index (χ4n) is 5.34. The summed E-state index contributed by atoms with van der Waals surface area (Å²) in [6, 6.07) is 11.4. The summed E-state index contributed by atoms with van der Waals surface area (Å²) >= 11 is 0. The minimum atomic E-state index is -0.426. The molecule has 2 saturated heterocycles. The fraction of sp³-hybridized carbons (Fsp3) is 0.357. The zero-order valence-corrected chi connectivity index (χ0v) is 21.4. The van der Waals surface area contributed by atoms with E-state index in [-0.39, 0.29) is 24.4 Å². The minimum absolute atomic E-state index is 0.0548. The average Bonchev–Trinajstić information content (AvgIpc) is 3.28. The molecule has 0 spiro atoms. The number of piperazine rings is 1. The van der Waals surface area contributed by atoms with Gasteiger partial charge in [-0.2, -0.15) is 5.32 Å². The Kier molecular flexibility index (Phi) is 6.74. The molecule has 3 amide bonds. The summed E-state index contributed by atoms with van der Waals surface area (Å²) in [5.41, 5.74) is 3.48. The van der Waals surface area contributed by atoms with E-state index in [1.54, 1.807) is 35.5 Å². The number of aliphatic hydroxyl groups excluding tert-OH is 1. The van der Waals surface area contributed by atoms with E-state index in [0.717, 1.165) is 5.69 Å². The van der Waals surface area contributed by atoms with Gasteiger partial charge in [-0.25, -0.2) is 19.2 Å².